The van der Waals surface area contributed by atoms with Crippen LogP contribution in [0.4, 0.5) is 11.6 Å². The van der Waals surface area contributed by atoms with E-state index in [-0.39, 0.29) is 5.91 Å². The van der Waals surface area contributed by atoms with Crippen LogP contribution in [-0.2, 0) is 4.79 Å². The summed E-state index contributed by atoms with van der Waals surface area (Å²) in [6.07, 6.45) is 5.88. The second-order valence-corrected chi connectivity index (χ2v) is 7.54. The molecule has 2 aromatic carbocycles. The second kappa shape index (κ2) is 9.01. The van der Waals surface area contributed by atoms with Crippen molar-refractivity contribution in [2.75, 3.05) is 24.8 Å². The molecule has 0 bridgehead atoms. The van der Waals surface area contributed by atoms with Crippen LogP contribution in [0, 0.1) is 6.92 Å². The number of nitrogens with zero attached hydrogens (tertiary/aromatic N) is 3. The molecule has 0 spiro atoms. The van der Waals surface area contributed by atoms with Gasteiger partial charge in [0.2, 0.25) is 5.95 Å². The van der Waals surface area contributed by atoms with Gasteiger partial charge in [-0.15, -0.1) is 0 Å². The van der Waals surface area contributed by atoms with Crippen LogP contribution in [0.5, 0.6) is 5.75 Å². The molecule has 4 rings (SSSR count). The number of benzene rings is 2. The minimum absolute atomic E-state index is 0.152. The van der Waals surface area contributed by atoms with Crippen LogP contribution < -0.4 is 15.4 Å². The Bertz CT molecular complexity index is 1290. The van der Waals surface area contributed by atoms with E-state index < -0.39 is 0 Å². The molecule has 162 valence electrons. The molecule has 7 nitrogen and oxygen atoms in total. The number of rotatable bonds is 5. The van der Waals surface area contributed by atoms with Crippen molar-refractivity contribution in [1.82, 2.24) is 9.97 Å². The fraction of sp³-hybridized carbons (Fsp3) is 0.200. The predicted octanol–water partition coefficient (Wildman–Crippen LogP) is 4.90. The van der Waals surface area contributed by atoms with E-state index in [1.54, 1.807) is 26.4 Å². The summed E-state index contributed by atoms with van der Waals surface area (Å²) in [4.78, 5) is 26.3. The first-order valence-corrected chi connectivity index (χ1v) is 10.3. The van der Waals surface area contributed by atoms with Gasteiger partial charge in [-0.05, 0) is 56.2 Å². The Hall–Kier alpha value is -4.00. The van der Waals surface area contributed by atoms with Gasteiger partial charge in [-0.3, -0.25) is 9.79 Å². The first-order valence-electron chi connectivity index (χ1n) is 10.3. The normalized spacial score (nSPS) is 13.2. The molecule has 2 N–H and O–H groups in total. The summed E-state index contributed by atoms with van der Waals surface area (Å²) in [6, 6.07) is 11.6. The SMILES string of the molecule is CNc1nc(-c2cccc(NC(=O)C3=CC=NC(C)=CC3)c2)c2cc(OC)c(C)cc2n1. The van der Waals surface area contributed by atoms with Crippen molar-refractivity contribution in [2.45, 2.75) is 20.3 Å². The van der Waals surface area contributed by atoms with Crippen LogP contribution in [0.1, 0.15) is 18.9 Å². The van der Waals surface area contributed by atoms with Crippen molar-refractivity contribution in [3.05, 3.63) is 65.4 Å². The Kier molecular flexibility index (Phi) is 5.98. The molecule has 1 aliphatic heterocycles. The number of nitrogens with one attached hydrogen (secondary N) is 2. The molecule has 0 unspecified atom stereocenters. The number of anilines is 2. The minimum atomic E-state index is -0.152. The van der Waals surface area contributed by atoms with Crippen molar-refractivity contribution in [2.24, 2.45) is 4.99 Å². The number of hydrogen-bond donors (Lipinski definition) is 2. The summed E-state index contributed by atoms with van der Waals surface area (Å²) in [5.41, 5.74) is 5.67. The van der Waals surface area contributed by atoms with Crippen LogP contribution >= 0.6 is 0 Å². The van der Waals surface area contributed by atoms with E-state index >= 15 is 0 Å². The van der Waals surface area contributed by atoms with Gasteiger partial charge in [-0.2, -0.15) is 0 Å². The van der Waals surface area contributed by atoms with Crippen molar-refractivity contribution in [3.8, 4) is 17.0 Å². The van der Waals surface area contributed by atoms with E-state index in [0.29, 0.717) is 23.6 Å². The Morgan fingerprint density at radius 1 is 1.12 bits per heavy atom. The van der Waals surface area contributed by atoms with Gasteiger partial charge in [0, 0.05) is 41.2 Å². The number of aryl methyl sites for hydroxylation is 1. The highest BCUT2D eigenvalue weighted by Gasteiger charge is 2.14. The molecule has 0 saturated heterocycles. The zero-order valence-corrected chi connectivity index (χ0v) is 18.6. The standard InChI is InChI=1S/C25H25N5O2/c1-15-12-21-20(14-22(15)32-4)23(30-25(26-3)29-21)18-6-5-7-19(13-18)28-24(31)17-9-8-16(2)27-11-10-17/h5-8,10-14H,9H2,1-4H3,(H,28,31)(H,26,29,30). The lowest BCUT2D eigenvalue weighted by Gasteiger charge is -2.13. The van der Waals surface area contributed by atoms with Gasteiger partial charge in [0.15, 0.2) is 0 Å². The number of methoxy groups -OCH3 is 1. The minimum Gasteiger partial charge on any atom is -0.496 e. The number of carbonyl (C=O) groups is 1. The van der Waals surface area contributed by atoms with Crippen molar-refractivity contribution >= 4 is 34.7 Å². The lowest BCUT2D eigenvalue weighted by molar-refractivity contribution is -0.112. The average molecular weight is 428 g/mol. The summed E-state index contributed by atoms with van der Waals surface area (Å²) in [5, 5.41) is 6.89. The maximum Gasteiger partial charge on any atom is 0.251 e. The summed E-state index contributed by atoms with van der Waals surface area (Å²) in [5.74, 6) is 1.14. The van der Waals surface area contributed by atoms with E-state index in [1.165, 1.54) is 0 Å². The molecule has 0 aliphatic carbocycles. The topological polar surface area (TPSA) is 88.5 Å². The first-order chi connectivity index (χ1) is 15.5. The van der Waals surface area contributed by atoms with Crippen LogP contribution in [0.25, 0.3) is 22.2 Å². The highest BCUT2D eigenvalue weighted by molar-refractivity contribution is 6.06. The molecule has 7 heteroatoms. The third kappa shape index (κ3) is 4.37. The molecule has 0 fully saturated rings. The van der Waals surface area contributed by atoms with Crippen LogP contribution in [0.3, 0.4) is 0 Å². The predicted molar refractivity (Wildman–Crippen MR) is 129 cm³/mol. The van der Waals surface area contributed by atoms with Crippen LogP contribution in [0.15, 0.2) is 64.8 Å². The molecule has 0 atom stereocenters. The Balaban J connectivity index is 1.72. The van der Waals surface area contributed by atoms with Gasteiger partial charge < -0.3 is 15.4 Å². The third-order valence-corrected chi connectivity index (χ3v) is 5.29. The highest BCUT2D eigenvalue weighted by atomic mass is 16.5. The third-order valence-electron chi connectivity index (χ3n) is 5.29. The van der Waals surface area contributed by atoms with Crippen LogP contribution in [-0.4, -0.2) is 36.2 Å². The summed E-state index contributed by atoms with van der Waals surface area (Å²) < 4.78 is 5.51. The summed E-state index contributed by atoms with van der Waals surface area (Å²) in [7, 11) is 3.44. The van der Waals surface area contributed by atoms with E-state index in [4.69, 9.17) is 9.72 Å². The van der Waals surface area contributed by atoms with Gasteiger partial charge in [-0.1, -0.05) is 18.2 Å². The van der Waals surface area contributed by atoms with E-state index in [2.05, 4.69) is 20.6 Å². The molecule has 1 aromatic heterocycles. The number of carbonyl (C=O) groups excluding carboxylic acids is 1. The Morgan fingerprint density at radius 3 is 2.75 bits per heavy atom. The van der Waals surface area contributed by atoms with Crippen molar-refractivity contribution in [1.29, 1.82) is 0 Å². The number of aliphatic imine (C=N–C) groups is 1. The number of amides is 1. The zero-order chi connectivity index (χ0) is 22.7. The van der Waals surface area contributed by atoms with Crippen molar-refractivity contribution < 1.29 is 9.53 Å². The fourth-order valence-corrected chi connectivity index (χ4v) is 3.56. The van der Waals surface area contributed by atoms with E-state index in [0.717, 1.165) is 39.2 Å². The molecule has 3 aromatic rings. The van der Waals surface area contributed by atoms with Crippen LogP contribution in [0.2, 0.25) is 0 Å². The quantitative estimate of drug-likeness (QED) is 0.605. The van der Waals surface area contributed by atoms with Gasteiger partial charge in [0.05, 0.1) is 18.3 Å². The van der Waals surface area contributed by atoms with Gasteiger partial charge in [0.1, 0.15) is 5.75 Å². The number of allylic oxidation sites excluding steroid dienone is 3. The molecule has 0 radical (unpaired) electrons. The van der Waals surface area contributed by atoms with E-state index in [9.17, 15) is 4.79 Å². The molecule has 1 aliphatic rings. The fourth-order valence-electron chi connectivity index (χ4n) is 3.56. The number of hydrogen-bond acceptors (Lipinski definition) is 6. The Morgan fingerprint density at radius 2 is 1.97 bits per heavy atom. The number of aromatic nitrogens is 2. The maximum absolute atomic E-state index is 12.8. The molecule has 1 amide bonds. The lowest BCUT2D eigenvalue weighted by Crippen LogP contribution is -2.14. The largest absolute Gasteiger partial charge is 0.496 e. The molecule has 32 heavy (non-hydrogen) atoms. The molecular weight excluding hydrogens is 402 g/mol. The Labute approximate surface area is 187 Å². The number of ether oxygens (including phenoxy) is 1. The number of fused-ring (bicyclic) bond motifs is 1. The first kappa shape index (κ1) is 21.2. The lowest BCUT2D eigenvalue weighted by atomic mass is 10.0. The smallest absolute Gasteiger partial charge is 0.251 e. The maximum atomic E-state index is 12.8. The highest BCUT2D eigenvalue weighted by Crippen LogP contribution is 2.33. The summed E-state index contributed by atoms with van der Waals surface area (Å²) in [6.45, 7) is 3.90. The van der Waals surface area contributed by atoms with Gasteiger partial charge >= 0.3 is 0 Å². The molecular formula is C25H25N5O2. The van der Waals surface area contributed by atoms with Crippen molar-refractivity contribution in [3.63, 3.8) is 0 Å². The molecule has 2 heterocycles. The second-order valence-electron chi connectivity index (χ2n) is 7.54. The van der Waals surface area contributed by atoms with E-state index in [1.807, 2.05) is 56.3 Å². The van der Waals surface area contributed by atoms with Gasteiger partial charge in [0.25, 0.3) is 5.91 Å². The summed E-state index contributed by atoms with van der Waals surface area (Å²) >= 11 is 0. The zero-order valence-electron chi connectivity index (χ0n) is 18.6. The molecule has 0 saturated carbocycles. The average Bonchev–Trinajstić information content (AvgIpc) is 3.02. The van der Waals surface area contributed by atoms with Gasteiger partial charge in [-0.25, -0.2) is 9.97 Å². The monoisotopic (exact) mass is 427 g/mol.